The second kappa shape index (κ2) is 5.45. The van der Waals surface area contributed by atoms with Crippen LogP contribution in [0, 0.1) is 0 Å². The van der Waals surface area contributed by atoms with Gasteiger partial charge in [0.15, 0.2) is 0 Å². The zero-order valence-electron chi connectivity index (χ0n) is 8.76. The summed E-state index contributed by atoms with van der Waals surface area (Å²) in [6.45, 7) is 3.17. The zero-order chi connectivity index (χ0) is 11.5. The largest absolute Gasteiger partial charge is 0.378 e. The molecule has 7 heteroatoms. The molecule has 1 aliphatic heterocycles. The van der Waals surface area contributed by atoms with Crippen LogP contribution in [0.2, 0.25) is 0 Å². The SMILES string of the molecule is CS(=O)(=O)N1CCN(CC[C@H](O)Cl)CC1. The molecule has 0 radical (unpaired) electrons. The number of halogens is 1. The Hall–Kier alpha value is 0.120. The minimum Gasteiger partial charge on any atom is -0.378 e. The second-order valence-corrected chi connectivity index (χ2v) is 6.21. The van der Waals surface area contributed by atoms with E-state index in [1.807, 2.05) is 0 Å². The third-order valence-electron chi connectivity index (χ3n) is 2.48. The highest BCUT2D eigenvalue weighted by molar-refractivity contribution is 7.88. The third kappa shape index (κ3) is 4.65. The van der Waals surface area contributed by atoms with Crippen molar-refractivity contribution in [3.05, 3.63) is 0 Å². The zero-order valence-corrected chi connectivity index (χ0v) is 10.3. The number of sulfonamides is 1. The molecule has 1 fully saturated rings. The van der Waals surface area contributed by atoms with Crippen LogP contribution in [0.4, 0.5) is 0 Å². The molecule has 0 aliphatic carbocycles. The number of nitrogens with zero attached hydrogens (tertiary/aromatic N) is 2. The lowest BCUT2D eigenvalue weighted by Gasteiger charge is -2.33. The lowest BCUT2D eigenvalue weighted by atomic mass is 10.3. The average molecular weight is 257 g/mol. The maximum absolute atomic E-state index is 11.2. The normalized spacial score (nSPS) is 22.9. The molecule has 1 N–H and O–H groups in total. The van der Waals surface area contributed by atoms with E-state index in [9.17, 15) is 8.42 Å². The first kappa shape index (κ1) is 13.2. The standard InChI is InChI=1S/C8H17ClN2O3S/c1-15(13,14)11-6-4-10(5-7-11)3-2-8(9)12/h8,12H,2-7H2,1H3/t8-/m0/s1. The number of aliphatic hydroxyl groups excluding tert-OH is 1. The number of hydrogen-bond acceptors (Lipinski definition) is 4. The fourth-order valence-electron chi connectivity index (χ4n) is 1.57. The van der Waals surface area contributed by atoms with Crippen molar-refractivity contribution in [2.24, 2.45) is 0 Å². The number of piperazine rings is 1. The molecule has 0 bridgehead atoms. The van der Waals surface area contributed by atoms with Gasteiger partial charge in [0.2, 0.25) is 10.0 Å². The predicted octanol–water partition coefficient (Wildman–Crippen LogP) is -0.489. The lowest BCUT2D eigenvalue weighted by molar-refractivity contribution is 0.161. The molecule has 0 aromatic rings. The molecule has 90 valence electrons. The van der Waals surface area contributed by atoms with Crippen molar-refractivity contribution in [1.82, 2.24) is 9.21 Å². The highest BCUT2D eigenvalue weighted by Gasteiger charge is 2.23. The summed E-state index contributed by atoms with van der Waals surface area (Å²) in [6, 6.07) is 0. The van der Waals surface area contributed by atoms with Crippen LogP contribution in [0.15, 0.2) is 0 Å². The van der Waals surface area contributed by atoms with E-state index in [1.54, 1.807) is 0 Å². The maximum Gasteiger partial charge on any atom is 0.211 e. The molecule has 0 spiro atoms. The molecule has 0 aromatic heterocycles. The number of hydrogen-bond donors (Lipinski definition) is 1. The molecule has 1 rings (SSSR count). The van der Waals surface area contributed by atoms with Gasteiger partial charge in [0.05, 0.1) is 6.26 Å². The topological polar surface area (TPSA) is 60.9 Å². The van der Waals surface area contributed by atoms with Crippen LogP contribution >= 0.6 is 11.6 Å². The highest BCUT2D eigenvalue weighted by Crippen LogP contribution is 2.07. The molecular weight excluding hydrogens is 240 g/mol. The van der Waals surface area contributed by atoms with Crippen molar-refractivity contribution in [2.75, 3.05) is 39.0 Å². The van der Waals surface area contributed by atoms with Crippen LogP contribution in [0.25, 0.3) is 0 Å². The van der Waals surface area contributed by atoms with Gasteiger partial charge < -0.3 is 10.0 Å². The molecule has 5 nitrogen and oxygen atoms in total. The van der Waals surface area contributed by atoms with Crippen molar-refractivity contribution >= 4 is 21.6 Å². The summed E-state index contributed by atoms with van der Waals surface area (Å²) >= 11 is 5.42. The summed E-state index contributed by atoms with van der Waals surface area (Å²) in [5.41, 5.74) is -0.807. The Morgan fingerprint density at radius 2 is 1.87 bits per heavy atom. The number of alkyl halides is 1. The maximum atomic E-state index is 11.2. The van der Waals surface area contributed by atoms with Crippen LogP contribution in [-0.2, 0) is 10.0 Å². The van der Waals surface area contributed by atoms with Gasteiger partial charge in [-0.3, -0.25) is 0 Å². The Balaban J connectivity index is 2.30. The Bertz CT molecular complexity index is 286. The summed E-state index contributed by atoms with van der Waals surface area (Å²) < 4.78 is 23.9. The van der Waals surface area contributed by atoms with Crippen LogP contribution in [0.5, 0.6) is 0 Å². The van der Waals surface area contributed by atoms with E-state index in [2.05, 4.69) is 4.90 Å². The van der Waals surface area contributed by atoms with E-state index in [0.717, 1.165) is 0 Å². The number of aliphatic hydroxyl groups is 1. The monoisotopic (exact) mass is 256 g/mol. The van der Waals surface area contributed by atoms with Gasteiger partial charge in [-0.05, 0) is 0 Å². The quantitative estimate of drug-likeness (QED) is 0.690. The van der Waals surface area contributed by atoms with Crippen LogP contribution in [0.1, 0.15) is 6.42 Å². The van der Waals surface area contributed by atoms with Gasteiger partial charge in [0.25, 0.3) is 0 Å². The third-order valence-corrected chi connectivity index (χ3v) is 4.01. The van der Waals surface area contributed by atoms with Gasteiger partial charge in [-0.25, -0.2) is 8.42 Å². The van der Waals surface area contributed by atoms with Crippen LogP contribution in [-0.4, -0.2) is 67.3 Å². The van der Waals surface area contributed by atoms with Gasteiger partial charge in [-0.1, -0.05) is 11.6 Å². The smallest absolute Gasteiger partial charge is 0.211 e. The summed E-state index contributed by atoms with van der Waals surface area (Å²) in [6.07, 6.45) is 1.74. The lowest BCUT2D eigenvalue weighted by Crippen LogP contribution is -2.48. The van der Waals surface area contributed by atoms with Crippen LogP contribution < -0.4 is 0 Å². The van der Waals surface area contributed by atoms with E-state index < -0.39 is 15.6 Å². The molecular formula is C8H17ClN2O3S. The Morgan fingerprint density at radius 1 is 1.33 bits per heavy atom. The van der Waals surface area contributed by atoms with Gasteiger partial charge in [0, 0.05) is 39.1 Å². The number of rotatable bonds is 4. The molecule has 1 saturated heterocycles. The van der Waals surface area contributed by atoms with Gasteiger partial charge in [-0.2, -0.15) is 4.31 Å². The minimum absolute atomic E-state index is 0.514. The summed E-state index contributed by atoms with van der Waals surface area (Å²) in [5.74, 6) is 0. The van der Waals surface area contributed by atoms with E-state index in [1.165, 1.54) is 10.6 Å². The van der Waals surface area contributed by atoms with E-state index in [0.29, 0.717) is 39.1 Å². The fourth-order valence-corrected chi connectivity index (χ4v) is 2.50. The summed E-state index contributed by atoms with van der Waals surface area (Å²) in [4.78, 5) is 2.10. The Kier molecular flexibility index (Phi) is 4.79. The molecule has 0 unspecified atom stereocenters. The average Bonchev–Trinajstić information content (AvgIpc) is 2.14. The van der Waals surface area contributed by atoms with Gasteiger partial charge in [-0.15, -0.1) is 0 Å². The summed E-state index contributed by atoms with van der Waals surface area (Å²) in [5, 5.41) is 8.90. The molecule has 1 atom stereocenters. The van der Waals surface area contributed by atoms with Crippen molar-refractivity contribution in [1.29, 1.82) is 0 Å². The van der Waals surface area contributed by atoms with E-state index in [-0.39, 0.29) is 0 Å². The molecule has 0 saturated carbocycles. The van der Waals surface area contributed by atoms with Gasteiger partial charge >= 0.3 is 0 Å². The highest BCUT2D eigenvalue weighted by atomic mass is 35.5. The summed E-state index contributed by atoms with van der Waals surface area (Å²) in [7, 11) is -3.05. The fraction of sp³-hybridized carbons (Fsp3) is 1.00. The van der Waals surface area contributed by atoms with Crippen molar-refractivity contribution in [3.63, 3.8) is 0 Å². The molecule has 1 aliphatic rings. The second-order valence-electron chi connectivity index (χ2n) is 3.73. The van der Waals surface area contributed by atoms with E-state index >= 15 is 0 Å². The van der Waals surface area contributed by atoms with Crippen molar-refractivity contribution in [2.45, 2.75) is 12.0 Å². The molecule has 15 heavy (non-hydrogen) atoms. The molecule has 0 amide bonds. The Labute approximate surface area is 95.7 Å². The first-order chi connectivity index (χ1) is 6.89. The molecule has 1 heterocycles. The van der Waals surface area contributed by atoms with Crippen molar-refractivity contribution in [3.8, 4) is 0 Å². The van der Waals surface area contributed by atoms with Crippen molar-refractivity contribution < 1.29 is 13.5 Å². The van der Waals surface area contributed by atoms with E-state index in [4.69, 9.17) is 16.7 Å². The predicted molar refractivity (Wildman–Crippen MR) is 59.3 cm³/mol. The van der Waals surface area contributed by atoms with Crippen LogP contribution in [0.3, 0.4) is 0 Å². The Morgan fingerprint density at radius 3 is 2.27 bits per heavy atom. The minimum atomic E-state index is -3.05. The first-order valence-electron chi connectivity index (χ1n) is 4.89. The molecule has 0 aromatic carbocycles. The first-order valence-corrected chi connectivity index (χ1v) is 7.17. The van der Waals surface area contributed by atoms with Gasteiger partial charge in [0.1, 0.15) is 5.56 Å².